The fourth-order valence-electron chi connectivity index (χ4n) is 1.66. The number of benzene rings is 1. The highest BCUT2D eigenvalue weighted by Crippen LogP contribution is 2.21. The quantitative estimate of drug-likeness (QED) is 0.856. The summed E-state index contributed by atoms with van der Waals surface area (Å²) < 4.78 is 26.0. The largest absolute Gasteiger partial charge is 0.396 e. The summed E-state index contributed by atoms with van der Waals surface area (Å²) in [6, 6.07) is 8.98. The summed E-state index contributed by atoms with van der Waals surface area (Å²) in [5.41, 5.74) is 1.08. The summed E-state index contributed by atoms with van der Waals surface area (Å²) >= 11 is 0. The van der Waals surface area contributed by atoms with Crippen LogP contribution in [0.2, 0.25) is 0 Å². The molecule has 96 valence electrons. The van der Waals surface area contributed by atoms with Crippen molar-refractivity contribution in [1.29, 1.82) is 0 Å². The minimum Gasteiger partial charge on any atom is -0.396 e. The van der Waals surface area contributed by atoms with Gasteiger partial charge in [0.05, 0.1) is 17.0 Å². The van der Waals surface area contributed by atoms with Crippen LogP contribution < -0.4 is 4.72 Å². The minimum absolute atomic E-state index is 0.104. The lowest BCUT2D eigenvalue weighted by molar-refractivity contribution is 0.295. The molecule has 0 saturated carbocycles. The highest BCUT2D eigenvalue weighted by molar-refractivity contribution is 7.92. The number of para-hydroxylation sites is 1. The predicted octanol–water partition coefficient (Wildman–Crippen LogP) is 1.36. The molecule has 2 aromatic rings. The second-order valence-electron chi connectivity index (χ2n) is 3.88. The first-order valence-corrected chi connectivity index (χ1v) is 7.23. The number of aromatic nitrogens is 1. The zero-order valence-electron chi connectivity index (χ0n) is 9.70. The SMILES string of the molecule is O=S(=O)(CCCO)Nc1cccc2cccnc12. The Kier molecular flexibility index (Phi) is 3.78. The molecule has 0 bridgehead atoms. The standard InChI is InChI=1S/C12H14N2O3S/c15-8-3-9-18(16,17)14-11-6-1-4-10-5-2-7-13-12(10)11/h1-2,4-7,14-15H,3,8-9H2. The Morgan fingerprint density at radius 2 is 2.00 bits per heavy atom. The van der Waals surface area contributed by atoms with Gasteiger partial charge < -0.3 is 5.11 Å². The van der Waals surface area contributed by atoms with Crippen LogP contribution in [0.4, 0.5) is 5.69 Å². The van der Waals surface area contributed by atoms with Crippen molar-refractivity contribution in [3.63, 3.8) is 0 Å². The molecule has 0 saturated heterocycles. The Labute approximate surface area is 106 Å². The highest BCUT2D eigenvalue weighted by Gasteiger charge is 2.11. The molecule has 2 N–H and O–H groups in total. The summed E-state index contributed by atoms with van der Waals surface area (Å²) in [5, 5.41) is 9.54. The van der Waals surface area contributed by atoms with Crippen LogP contribution in [0.5, 0.6) is 0 Å². The van der Waals surface area contributed by atoms with E-state index in [0.29, 0.717) is 11.2 Å². The van der Waals surface area contributed by atoms with Gasteiger partial charge in [-0.05, 0) is 18.6 Å². The molecule has 1 heterocycles. The third-order valence-corrected chi connectivity index (χ3v) is 3.83. The summed E-state index contributed by atoms with van der Waals surface area (Å²) in [7, 11) is -3.44. The number of rotatable bonds is 5. The first-order valence-electron chi connectivity index (χ1n) is 5.57. The van der Waals surface area contributed by atoms with Gasteiger partial charge in [0.2, 0.25) is 10.0 Å². The third kappa shape index (κ3) is 2.96. The van der Waals surface area contributed by atoms with Crippen molar-refractivity contribution in [2.24, 2.45) is 0 Å². The molecule has 6 heteroatoms. The van der Waals surface area contributed by atoms with E-state index in [1.54, 1.807) is 24.4 Å². The zero-order chi connectivity index (χ0) is 13.0. The molecular formula is C12H14N2O3S. The van der Waals surface area contributed by atoms with Crippen molar-refractivity contribution < 1.29 is 13.5 Å². The van der Waals surface area contributed by atoms with E-state index in [-0.39, 0.29) is 18.8 Å². The van der Waals surface area contributed by atoms with Crippen molar-refractivity contribution in [3.05, 3.63) is 36.5 Å². The van der Waals surface area contributed by atoms with Gasteiger partial charge >= 0.3 is 0 Å². The van der Waals surface area contributed by atoms with E-state index < -0.39 is 10.0 Å². The number of anilines is 1. The summed E-state index contributed by atoms with van der Waals surface area (Å²) in [6.07, 6.45) is 1.83. The van der Waals surface area contributed by atoms with Gasteiger partial charge in [0.15, 0.2) is 0 Å². The number of aliphatic hydroxyl groups excluding tert-OH is 1. The molecule has 5 nitrogen and oxygen atoms in total. The Morgan fingerprint density at radius 3 is 2.78 bits per heavy atom. The lowest BCUT2D eigenvalue weighted by Crippen LogP contribution is -2.17. The molecule has 1 aromatic carbocycles. The van der Waals surface area contributed by atoms with Crippen molar-refractivity contribution in [3.8, 4) is 0 Å². The van der Waals surface area contributed by atoms with Gasteiger partial charge in [-0.15, -0.1) is 0 Å². The maximum absolute atomic E-state index is 11.8. The van der Waals surface area contributed by atoms with E-state index in [4.69, 9.17) is 5.11 Å². The molecule has 18 heavy (non-hydrogen) atoms. The lowest BCUT2D eigenvalue weighted by atomic mass is 10.2. The fraction of sp³-hybridized carbons (Fsp3) is 0.250. The second-order valence-corrected chi connectivity index (χ2v) is 5.72. The normalized spacial score (nSPS) is 11.6. The molecule has 0 aliphatic rings. The summed E-state index contributed by atoms with van der Waals surface area (Å²) in [6.45, 7) is -0.144. The van der Waals surface area contributed by atoms with Gasteiger partial charge in [0.1, 0.15) is 0 Å². The van der Waals surface area contributed by atoms with Crippen molar-refractivity contribution in [1.82, 2.24) is 4.98 Å². The number of aliphatic hydroxyl groups is 1. The Morgan fingerprint density at radius 1 is 1.22 bits per heavy atom. The van der Waals surface area contributed by atoms with Gasteiger partial charge in [-0.25, -0.2) is 8.42 Å². The van der Waals surface area contributed by atoms with E-state index >= 15 is 0 Å². The molecule has 0 spiro atoms. The van der Waals surface area contributed by atoms with E-state index in [9.17, 15) is 8.42 Å². The first kappa shape index (κ1) is 12.8. The average Bonchev–Trinajstić information content (AvgIpc) is 2.37. The van der Waals surface area contributed by atoms with Crippen molar-refractivity contribution in [2.75, 3.05) is 17.1 Å². The van der Waals surface area contributed by atoms with Gasteiger partial charge in [0.25, 0.3) is 0 Å². The topological polar surface area (TPSA) is 79.3 Å². The molecule has 0 unspecified atom stereocenters. The number of nitrogens with zero attached hydrogens (tertiary/aromatic N) is 1. The van der Waals surface area contributed by atoms with Crippen LogP contribution in [-0.2, 0) is 10.0 Å². The van der Waals surface area contributed by atoms with Gasteiger partial charge in [-0.2, -0.15) is 0 Å². The van der Waals surface area contributed by atoms with Gasteiger partial charge in [-0.1, -0.05) is 18.2 Å². The van der Waals surface area contributed by atoms with Crippen LogP contribution in [0.15, 0.2) is 36.5 Å². The number of hydrogen-bond donors (Lipinski definition) is 2. The van der Waals surface area contributed by atoms with E-state index in [1.165, 1.54) is 0 Å². The number of hydrogen-bond acceptors (Lipinski definition) is 4. The molecule has 0 aliphatic carbocycles. The monoisotopic (exact) mass is 266 g/mol. The summed E-state index contributed by atoms with van der Waals surface area (Å²) in [4.78, 5) is 4.17. The molecule has 2 rings (SSSR count). The van der Waals surface area contributed by atoms with Crippen molar-refractivity contribution in [2.45, 2.75) is 6.42 Å². The van der Waals surface area contributed by atoms with Crippen LogP contribution in [0.25, 0.3) is 10.9 Å². The van der Waals surface area contributed by atoms with Crippen LogP contribution in [0, 0.1) is 0 Å². The number of fused-ring (bicyclic) bond motifs is 1. The van der Waals surface area contributed by atoms with Crippen LogP contribution in [0.3, 0.4) is 0 Å². The second kappa shape index (κ2) is 5.32. The molecule has 1 aromatic heterocycles. The third-order valence-electron chi connectivity index (χ3n) is 2.47. The zero-order valence-corrected chi connectivity index (χ0v) is 10.5. The molecule has 0 atom stereocenters. The highest BCUT2D eigenvalue weighted by atomic mass is 32.2. The average molecular weight is 266 g/mol. The number of nitrogens with one attached hydrogen (secondary N) is 1. The van der Waals surface area contributed by atoms with Gasteiger partial charge in [0, 0.05) is 18.2 Å². The Hall–Kier alpha value is -1.66. The molecule has 0 amide bonds. The van der Waals surface area contributed by atoms with Crippen LogP contribution in [-0.4, -0.2) is 30.9 Å². The number of sulfonamides is 1. The smallest absolute Gasteiger partial charge is 0.232 e. The fourth-order valence-corrected chi connectivity index (χ4v) is 2.77. The molecular weight excluding hydrogens is 252 g/mol. The van der Waals surface area contributed by atoms with Crippen LogP contribution in [0.1, 0.15) is 6.42 Å². The minimum atomic E-state index is -3.44. The van der Waals surface area contributed by atoms with Crippen molar-refractivity contribution >= 4 is 26.6 Å². The van der Waals surface area contributed by atoms with E-state index in [1.807, 2.05) is 12.1 Å². The Bertz CT molecular complexity index is 635. The molecule has 0 radical (unpaired) electrons. The van der Waals surface area contributed by atoms with Crippen LogP contribution >= 0.6 is 0 Å². The predicted molar refractivity (Wildman–Crippen MR) is 70.9 cm³/mol. The first-order chi connectivity index (χ1) is 8.62. The number of pyridine rings is 1. The molecule has 0 fully saturated rings. The van der Waals surface area contributed by atoms with E-state index in [0.717, 1.165) is 5.39 Å². The maximum atomic E-state index is 11.8. The van der Waals surface area contributed by atoms with E-state index in [2.05, 4.69) is 9.71 Å². The van der Waals surface area contributed by atoms with Gasteiger partial charge in [-0.3, -0.25) is 9.71 Å². The molecule has 0 aliphatic heterocycles. The lowest BCUT2D eigenvalue weighted by Gasteiger charge is -2.09. The maximum Gasteiger partial charge on any atom is 0.232 e. The summed E-state index contributed by atoms with van der Waals surface area (Å²) in [5.74, 6) is -0.104. The Balaban J connectivity index is 2.32.